The van der Waals surface area contributed by atoms with E-state index in [4.69, 9.17) is 0 Å². The second-order valence-corrected chi connectivity index (χ2v) is 11.4. The number of pyridine rings is 2. The van der Waals surface area contributed by atoms with Crippen LogP contribution in [0.25, 0.3) is 12.2 Å². The first-order chi connectivity index (χ1) is 18.8. The van der Waals surface area contributed by atoms with Gasteiger partial charge in [-0.15, -0.1) is 0 Å². The minimum atomic E-state index is 1.14. The Kier molecular flexibility index (Phi) is 19.5. The molecule has 2 rings (SSSR count). The highest BCUT2D eigenvalue weighted by Crippen LogP contribution is 2.12. The highest BCUT2D eigenvalue weighted by molar-refractivity contribution is 5.68. The van der Waals surface area contributed by atoms with Gasteiger partial charge in [-0.1, -0.05) is 129 Å². The molecule has 0 spiro atoms. The number of aryl methyl sites for hydroxylation is 2. The lowest BCUT2D eigenvalue weighted by atomic mass is 10.1. The van der Waals surface area contributed by atoms with Crippen LogP contribution in [0.15, 0.2) is 49.1 Å². The van der Waals surface area contributed by atoms with Crippen LogP contribution in [-0.2, 0) is 13.1 Å². The van der Waals surface area contributed by atoms with Crippen molar-refractivity contribution < 1.29 is 9.13 Å². The molecule has 0 aliphatic carbocycles. The normalized spacial score (nSPS) is 11.5. The Balaban J connectivity index is 1.53. The minimum absolute atomic E-state index is 1.14. The lowest BCUT2D eigenvalue weighted by Gasteiger charge is -2.02. The van der Waals surface area contributed by atoms with Crippen LogP contribution in [0.1, 0.15) is 153 Å². The Morgan fingerprint density at radius 2 is 0.658 bits per heavy atom. The van der Waals surface area contributed by atoms with E-state index in [9.17, 15) is 0 Å². The van der Waals surface area contributed by atoms with Crippen molar-refractivity contribution in [2.45, 2.75) is 155 Å². The molecule has 0 bridgehead atoms. The van der Waals surface area contributed by atoms with Crippen LogP contribution in [0.4, 0.5) is 0 Å². The van der Waals surface area contributed by atoms with Gasteiger partial charge in [0, 0.05) is 37.1 Å². The van der Waals surface area contributed by atoms with Crippen molar-refractivity contribution in [1.29, 1.82) is 0 Å². The Bertz CT molecular complexity index is 737. The number of aromatic nitrogens is 2. The first kappa shape index (κ1) is 32.3. The highest BCUT2D eigenvalue weighted by Gasteiger charge is 2.02. The molecule has 0 saturated heterocycles. The highest BCUT2D eigenvalue weighted by atomic mass is 14.9. The average molecular weight is 521 g/mol. The third-order valence-electron chi connectivity index (χ3n) is 7.84. The van der Waals surface area contributed by atoms with Gasteiger partial charge >= 0.3 is 0 Å². The average Bonchev–Trinajstić information content (AvgIpc) is 2.95. The van der Waals surface area contributed by atoms with Gasteiger partial charge in [-0.3, -0.25) is 0 Å². The molecule has 0 fully saturated rings. The quantitative estimate of drug-likeness (QED) is 0.0960. The van der Waals surface area contributed by atoms with Gasteiger partial charge in [-0.05, 0) is 24.0 Å². The summed E-state index contributed by atoms with van der Waals surface area (Å²) in [6.45, 7) is 6.86. The van der Waals surface area contributed by atoms with Crippen LogP contribution in [0.2, 0.25) is 0 Å². The molecule has 2 heteroatoms. The van der Waals surface area contributed by atoms with E-state index in [0.717, 1.165) is 13.1 Å². The summed E-state index contributed by atoms with van der Waals surface area (Å²) in [4.78, 5) is 0. The van der Waals surface area contributed by atoms with Gasteiger partial charge in [0.15, 0.2) is 24.8 Å². The fourth-order valence-corrected chi connectivity index (χ4v) is 5.21. The first-order valence-corrected chi connectivity index (χ1v) is 16.5. The number of hydrogen-bond donors (Lipinski definition) is 0. The van der Waals surface area contributed by atoms with Gasteiger partial charge in [-0.2, -0.15) is 0 Å². The summed E-state index contributed by atoms with van der Waals surface area (Å²) in [6, 6.07) is 8.95. The topological polar surface area (TPSA) is 7.76 Å². The van der Waals surface area contributed by atoms with E-state index < -0.39 is 0 Å². The van der Waals surface area contributed by atoms with Crippen LogP contribution in [0.3, 0.4) is 0 Å². The molecule has 0 amide bonds. The van der Waals surface area contributed by atoms with E-state index in [1.807, 2.05) is 0 Å². The third kappa shape index (κ3) is 16.8. The summed E-state index contributed by atoms with van der Waals surface area (Å²) in [7, 11) is 0. The maximum absolute atomic E-state index is 2.33. The molecule has 38 heavy (non-hydrogen) atoms. The molecule has 2 heterocycles. The molecular weight excluding hydrogens is 460 g/mol. The van der Waals surface area contributed by atoms with Crippen molar-refractivity contribution in [3.8, 4) is 0 Å². The van der Waals surface area contributed by atoms with Crippen LogP contribution in [-0.4, -0.2) is 0 Å². The number of nitrogens with zero attached hydrogens (tertiary/aromatic N) is 2. The van der Waals surface area contributed by atoms with E-state index in [2.05, 4.69) is 84.2 Å². The van der Waals surface area contributed by atoms with Crippen molar-refractivity contribution >= 4 is 12.2 Å². The Labute approximate surface area is 236 Å². The molecule has 0 unspecified atom stereocenters. The number of rotatable bonds is 24. The molecule has 0 aromatic carbocycles. The standard InChI is InChI=1S/C36H60N2/c1-3-5-7-9-11-13-15-17-19-21-29-37-31-25-35(26-32-37)23-24-36-27-33-38(34-28-36)30-22-20-18-16-14-12-10-8-6-4-2/h23-28,31-34H,3-22,29-30H2,1-2H3/q+2/b24-23+. The SMILES string of the molecule is CCCCCCCCCCCC[n+]1ccc(/C=C/c2cc[n+](CCCCCCCCCCCC)cc2)cc1. The third-order valence-corrected chi connectivity index (χ3v) is 7.84. The Hall–Kier alpha value is -1.96. The second kappa shape index (κ2) is 23.0. The summed E-state index contributed by atoms with van der Waals surface area (Å²) < 4.78 is 4.67. The van der Waals surface area contributed by atoms with Crippen LogP contribution in [0.5, 0.6) is 0 Å². The van der Waals surface area contributed by atoms with E-state index >= 15 is 0 Å². The van der Waals surface area contributed by atoms with Gasteiger partial charge in [0.1, 0.15) is 13.1 Å². The summed E-state index contributed by atoms with van der Waals surface area (Å²) in [5.74, 6) is 0. The lowest BCUT2D eigenvalue weighted by Crippen LogP contribution is -2.32. The van der Waals surface area contributed by atoms with Crippen molar-refractivity contribution in [2.24, 2.45) is 0 Å². The van der Waals surface area contributed by atoms with Crippen LogP contribution >= 0.6 is 0 Å². The van der Waals surface area contributed by atoms with E-state index in [-0.39, 0.29) is 0 Å². The smallest absolute Gasteiger partial charge is 0.169 e. The molecule has 212 valence electrons. The molecule has 2 nitrogen and oxygen atoms in total. The predicted octanol–water partition coefficient (Wildman–Crippen LogP) is 10.3. The zero-order chi connectivity index (χ0) is 26.9. The predicted molar refractivity (Wildman–Crippen MR) is 166 cm³/mol. The van der Waals surface area contributed by atoms with Crippen molar-refractivity contribution in [2.75, 3.05) is 0 Å². The van der Waals surface area contributed by atoms with Gasteiger partial charge in [0.25, 0.3) is 0 Å². The van der Waals surface area contributed by atoms with Gasteiger partial charge in [-0.25, -0.2) is 9.13 Å². The monoisotopic (exact) mass is 520 g/mol. The number of unbranched alkanes of at least 4 members (excludes halogenated alkanes) is 18. The molecule has 0 radical (unpaired) electrons. The van der Waals surface area contributed by atoms with E-state index in [1.165, 1.54) is 140 Å². The summed E-state index contributed by atoms with van der Waals surface area (Å²) >= 11 is 0. The summed E-state index contributed by atoms with van der Waals surface area (Å²) in [6.07, 6.45) is 41.3. The molecule has 2 aromatic heterocycles. The van der Waals surface area contributed by atoms with Gasteiger partial charge in [0.2, 0.25) is 0 Å². The van der Waals surface area contributed by atoms with Crippen molar-refractivity contribution in [3.05, 3.63) is 60.2 Å². The van der Waals surface area contributed by atoms with Gasteiger partial charge < -0.3 is 0 Å². The molecule has 0 saturated carbocycles. The lowest BCUT2D eigenvalue weighted by molar-refractivity contribution is -0.697. The van der Waals surface area contributed by atoms with Gasteiger partial charge in [0.05, 0.1) is 0 Å². The van der Waals surface area contributed by atoms with E-state index in [0.29, 0.717) is 0 Å². The Morgan fingerprint density at radius 1 is 0.395 bits per heavy atom. The number of hydrogen-bond acceptors (Lipinski definition) is 0. The zero-order valence-corrected chi connectivity index (χ0v) is 25.2. The molecule has 0 atom stereocenters. The molecule has 2 aromatic rings. The minimum Gasteiger partial charge on any atom is -0.205 e. The van der Waals surface area contributed by atoms with Crippen LogP contribution in [0, 0.1) is 0 Å². The van der Waals surface area contributed by atoms with Crippen LogP contribution < -0.4 is 9.13 Å². The zero-order valence-electron chi connectivity index (χ0n) is 25.2. The largest absolute Gasteiger partial charge is 0.205 e. The molecule has 0 aliphatic rings. The fourth-order valence-electron chi connectivity index (χ4n) is 5.21. The first-order valence-electron chi connectivity index (χ1n) is 16.5. The Morgan fingerprint density at radius 3 is 0.947 bits per heavy atom. The summed E-state index contributed by atoms with van der Waals surface area (Å²) in [5, 5.41) is 0. The van der Waals surface area contributed by atoms with Crippen molar-refractivity contribution in [3.63, 3.8) is 0 Å². The second-order valence-electron chi connectivity index (χ2n) is 11.4. The fraction of sp³-hybridized carbons (Fsp3) is 0.667. The van der Waals surface area contributed by atoms with E-state index in [1.54, 1.807) is 0 Å². The van der Waals surface area contributed by atoms with Crippen molar-refractivity contribution in [1.82, 2.24) is 0 Å². The maximum Gasteiger partial charge on any atom is 0.169 e. The molecule has 0 N–H and O–H groups in total. The molecular formula is C36H60N2+2. The summed E-state index contributed by atoms with van der Waals surface area (Å²) in [5.41, 5.74) is 2.54. The molecule has 0 aliphatic heterocycles. The maximum atomic E-state index is 2.33.